The number of nitro groups is 1. The highest BCUT2D eigenvalue weighted by atomic mass is 16.6. The molecule has 1 fully saturated rings. The summed E-state index contributed by atoms with van der Waals surface area (Å²) < 4.78 is 5.23. The van der Waals surface area contributed by atoms with Gasteiger partial charge in [-0.15, -0.1) is 0 Å². The van der Waals surface area contributed by atoms with Crippen molar-refractivity contribution in [1.82, 2.24) is 0 Å². The van der Waals surface area contributed by atoms with Gasteiger partial charge in [0.15, 0.2) is 6.23 Å². The molecule has 21 heavy (non-hydrogen) atoms. The van der Waals surface area contributed by atoms with E-state index in [1.54, 1.807) is 6.07 Å². The van der Waals surface area contributed by atoms with Crippen LogP contribution in [0.3, 0.4) is 0 Å². The fourth-order valence-electron chi connectivity index (χ4n) is 2.13. The first kappa shape index (κ1) is 15.6. The molecule has 5 atom stereocenters. The van der Waals surface area contributed by atoms with Crippen molar-refractivity contribution in [3.8, 4) is 0 Å². The molecule has 9 nitrogen and oxygen atoms in total. The normalized spacial score (nSPS) is 32.7. The van der Waals surface area contributed by atoms with Crippen molar-refractivity contribution in [1.29, 1.82) is 0 Å². The Morgan fingerprint density at radius 2 is 1.86 bits per heavy atom. The van der Waals surface area contributed by atoms with Gasteiger partial charge in [0.25, 0.3) is 5.69 Å². The lowest BCUT2D eigenvalue weighted by Crippen LogP contribution is -2.60. The number of para-hydroxylation sites is 2. The molecular weight excluding hydrogens is 284 g/mol. The lowest BCUT2D eigenvalue weighted by Gasteiger charge is -2.40. The van der Waals surface area contributed by atoms with Crippen LogP contribution in [0.2, 0.25) is 0 Å². The fourth-order valence-corrected chi connectivity index (χ4v) is 2.13. The summed E-state index contributed by atoms with van der Waals surface area (Å²) in [7, 11) is 0. The minimum absolute atomic E-state index is 0.0897. The van der Waals surface area contributed by atoms with E-state index in [9.17, 15) is 25.4 Å². The van der Waals surface area contributed by atoms with Crippen LogP contribution in [0.5, 0.6) is 0 Å². The number of hydrogen-bond donors (Lipinski definition) is 5. The second-order valence-corrected chi connectivity index (χ2v) is 4.67. The molecule has 0 amide bonds. The second kappa shape index (κ2) is 6.33. The van der Waals surface area contributed by atoms with Gasteiger partial charge in [0.05, 0.1) is 11.5 Å². The predicted molar refractivity (Wildman–Crippen MR) is 70.5 cm³/mol. The summed E-state index contributed by atoms with van der Waals surface area (Å²) in [5.41, 5.74) is -0.138. The van der Waals surface area contributed by atoms with Crippen LogP contribution in [0, 0.1) is 10.1 Å². The van der Waals surface area contributed by atoms with E-state index in [2.05, 4.69) is 5.32 Å². The Morgan fingerprint density at radius 3 is 2.48 bits per heavy atom. The maximum atomic E-state index is 10.9. The molecule has 0 unspecified atom stereocenters. The van der Waals surface area contributed by atoms with Crippen LogP contribution in [0.4, 0.5) is 11.4 Å². The first-order chi connectivity index (χ1) is 9.95. The minimum Gasteiger partial charge on any atom is -0.394 e. The number of rotatable bonds is 4. The Bertz CT molecular complexity index is 510. The van der Waals surface area contributed by atoms with Crippen molar-refractivity contribution < 1.29 is 30.1 Å². The molecule has 0 aliphatic carbocycles. The van der Waals surface area contributed by atoms with Gasteiger partial charge in [0.2, 0.25) is 0 Å². The Hall–Kier alpha value is -1.78. The molecule has 1 saturated heterocycles. The van der Waals surface area contributed by atoms with Gasteiger partial charge >= 0.3 is 0 Å². The van der Waals surface area contributed by atoms with Crippen LogP contribution in [-0.4, -0.2) is 62.6 Å². The van der Waals surface area contributed by atoms with E-state index in [1.807, 2.05) is 0 Å². The van der Waals surface area contributed by atoms with Gasteiger partial charge in [-0.05, 0) is 6.07 Å². The molecule has 9 heteroatoms. The minimum atomic E-state index is -1.55. The zero-order valence-corrected chi connectivity index (χ0v) is 10.9. The molecular formula is C12H16N2O7. The van der Waals surface area contributed by atoms with Gasteiger partial charge in [0, 0.05) is 6.07 Å². The molecule has 1 aliphatic rings. The molecule has 1 aliphatic heterocycles. The predicted octanol–water partition coefficient (Wildman–Crippen LogP) is -1.19. The standard InChI is InChI=1S/C12H16N2O7/c15-5-8-9(16)10(17)11(18)12(21-8)13-6-3-1-2-4-7(6)14(19)20/h1-4,8-13,15-18H,5H2/t8-,9-,10-,11+,12-/m1/s1. The lowest BCUT2D eigenvalue weighted by molar-refractivity contribution is -0.384. The van der Waals surface area contributed by atoms with E-state index in [-0.39, 0.29) is 11.4 Å². The number of aliphatic hydroxyl groups excluding tert-OH is 4. The molecule has 0 radical (unpaired) electrons. The molecule has 1 aromatic carbocycles. The van der Waals surface area contributed by atoms with Gasteiger partial charge in [-0.2, -0.15) is 0 Å². The van der Waals surface area contributed by atoms with E-state index < -0.39 is 42.2 Å². The summed E-state index contributed by atoms with van der Waals surface area (Å²) >= 11 is 0. The average Bonchev–Trinajstić information content (AvgIpc) is 2.48. The highest BCUT2D eigenvalue weighted by molar-refractivity contribution is 5.61. The largest absolute Gasteiger partial charge is 0.394 e. The van der Waals surface area contributed by atoms with Crippen LogP contribution >= 0.6 is 0 Å². The first-order valence-corrected chi connectivity index (χ1v) is 6.26. The number of nitro benzene ring substituents is 1. The van der Waals surface area contributed by atoms with Crippen LogP contribution in [0.25, 0.3) is 0 Å². The lowest BCUT2D eigenvalue weighted by atomic mass is 9.98. The van der Waals surface area contributed by atoms with E-state index in [1.165, 1.54) is 18.2 Å². The Morgan fingerprint density at radius 1 is 1.19 bits per heavy atom. The van der Waals surface area contributed by atoms with Crippen LogP contribution in [-0.2, 0) is 4.74 Å². The summed E-state index contributed by atoms with van der Waals surface area (Å²) in [4.78, 5) is 10.3. The van der Waals surface area contributed by atoms with Crippen LogP contribution in [0.1, 0.15) is 0 Å². The monoisotopic (exact) mass is 300 g/mol. The van der Waals surface area contributed by atoms with Gasteiger partial charge in [-0.1, -0.05) is 12.1 Å². The maximum absolute atomic E-state index is 10.9. The van der Waals surface area contributed by atoms with Crippen molar-refractivity contribution >= 4 is 11.4 Å². The van der Waals surface area contributed by atoms with Crippen molar-refractivity contribution in [2.75, 3.05) is 11.9 Å². The van der Waals surface area contributed by atoms with E-state index in [0.29, 0.717) is 0 Å². The summed E-state index contributed by atoms with van der Waals surface area (Å²) in [6.07, 6.45) is -6.82. The molecule has 1 heterocycles. The van der Waals surface area contributed by atoms with Crippen molar-refractivity contribution in [3.63, 3.8) is 0 Å². The molecule has 0 spiro atoms. The van der Waals surface area contributed by atoms with Gasteiger partial charge < -0.3 is 30.5 Å². The van der Waals surface area contributed by atoms with Crippen LogP contribution in [0.15, 0.2) is 24.3 Å². The van der Waals surface area contributed by atoms with Gasteiger partial charge in [-0.25, -0.2) is 0 Å². The van der Waals surface area contributed by atoms with Crippen LogP contribution < -0.4 is 5.32 Å². The highest BCUT2D eigenvalue weighted by Gasteiger charge is 2.43. The SMILES string of the molecule is O=[N+]([O-])c1ccccc1N[C@@H]1O[C@H](CO)[C@@H](O)[C@@H](O)[C@@H]1O. The molecule has 0 aromatic heterocycles. The van der Waals surface area contributed by atoms with E-state index in [0.717, 1.165) is 0 Å². The molecule has 1 aromatic rings. The Balaban J connectivity index is 2.20. The molecule has 116 valence electrons. The summed E-state index contributed by atoms with van der Waals surface area (Å²) in [5.74, 6) is 0. The quantitative estimate of drug-likeness (QED) is 0.344. The zero-order valence-electron chi connectivity index (χ0n) is 10.9. The molecule has 5 N–H and O–H groups in total. The topological polar surface area (TPSA) is 145 Å². The van der Waals surface area contributed by atoms with E-state index >= 15 is 0 Å². The van der Waals surface area contributed by atoms with E-state index in [4.69, 9.17) is 9.84 Å². The summed E-state index contributed by atoms with van der Waals surface area (Å²) in [5, 5.41) is 51.8. The number of ether oxygens (including phenoxy) is 1. The van der Waals surface area contributed by atoms with Crippen molar-refractivity contribution in [2.24, 2.45) is 0 Å². The second-order valence-electron chi connectivity index (χ2n) is 4.67. The molecule has 2 rings (SSSR count). The van der Waals surface area contributed by atoms with Crippen molar-refractivity contribution in [2.45, 2.75) is 30.6 Å². The number of benzene rings is 1. The fraction of sp³-hybridized carbons (Fsp3) is 0.500. The summed E-state index contributed by atoms with van der Waals surface area (Å²) in [6, 6.07) is 5.72. The third-order valence-corrected chi connectivity index (χ3v) is 3.29. The molecule has 0 saturated carbocycles. The van der Waals surface area contributed by atoms with Gasteiger partial charge in [-0.3, -0.25) is 10.1 Å². The third-order valence-electron chi connectivity index (χ3n) is 3.29. The zero-order chi connectivity index (χ0) is 15.6. The number of anilines is 1. The number of aliphatic hydroxyl groups is 4. The molecule has 0 bridgehead atoms. The highest BCUT2D eigenvalue weighted by Crippen LogP contribution is 2.28. The Labute approximate surface area is 119 Å². The average molecular weight is 300 g/mol. The Kier molecular flexibility index (Phi) is 4.70. The number of nitrogens with zero attached hydrogens (tertiary/aromatic N) is 1. The number of hydrogen-bond acceptors (Lipinski definition) is 8. The number of nitrogens with one attached hydrogen (secondary N) is 1. The first-order valence-electron chi connectivity index (χ1n) is 6.26. The van der Waals surface area contributed by atoms with Gasteiger partial charge in [0.1, 0.15) is 30.1 Å². The third kappa shape index (κ3) is 3.12. The smallest absolute Gasteiger partial charge is 0.292 e. The maximum Gasteiger partial charge on any atom is 0.292 e. The van der Waals surface area contributed by atoms with Crippen molar-refractivity contribution in [3.05, 3.63) is 34.4 Å². The summed E-state index contributed by atoms with van der Waals surface area (Å²) in [6.45, 7) is -0.569.